The summed E-state index contributed by atoms with van der Waals surface area (Å²) >= 11 is 0. The summed E-state index contributed by atoms with van der Waals surface area (Å²) in [6, 6.07) is 3.48. The maximum absolute atomic E-state index is 12.2. The molecule has 3 rings (SSSR count). The van der Waals surface area contributed by atoms with Gasteiger partial charge in [-0.15, -0.1) is 0 Å². The summed E-state index contributed by atoms with van der Waals surface area (Å²) in [5.41, 5.74) is 1.53. The van der Waals surface area contributed by atoms with Gasteiger partial charge in [-0.25, -0.2) is 0 Å². The lowest BCUT2D eigenvalue weighted by Crippen LogP contribution is -2.26. The second kappa shape index (κ2) is 3.83. The zero-order valence-electron chi connectivity index (χ0n) is 10.4. The maximum atomic E-state index is 12.2. The van der Waals surface area contributed by atoms with Gasteiger partial charge in [0.1, 0.15) is 11.5 Å². The summed E-state index contributed by atoms with van der Waals surface area (Å²) in [5, 5.41) is 0. The van der Waals surface area contributed by atoms with E-state index in [0.717, 1.165) is 5.56 Å². The molecule has 0 spiro atoms. The SMILES string of the molecule is CC(C)C1Oc2cc3c(cc2C1=O)CCC(=O)O3. The third kappa shape index (κ3) is 1.60. The van der Waals surface area contributed by atoms with Gasteiger partial charge in [-0.1, -0.05) is 13.8 Å². The number of esters is 1. The van der Waals surface area contributed by atoms with Gasteiger partial charge in [0.25, 0.3) is 0 Å². The van der Waals surface area contributed by atoms with Gasteiger partial charge in [0.15, 0.2) is 6.10 Å². The van der Waals surface area contributed by atoms with Gasteiger partial charge in [0.05, 0.1) is 12.0 Å². The van der Waals surface area contributed by atoms with Crippen molar-refractivity contribution in [1.82, 2.24) is 0 Å². The molecule has 94 valence electrons. The monoisotopic (exact) mass is 246 g/mol. The van der Waals surface area contributed by atoms with Crippen LogP contribution in [0.5, 0.6) is 11.5 Å². The van der Waals surface area contributed by atoms with Crippen LogP contribution in [0.15, 0.2) is 12.1 Å². The second-order valence-electron chi connectivity index (χ2n) is 5.08. The number of carbonyl (C=O) groups is 2. The average Bonchev–Trinajstić information content (AvgIpc) is 2.64. The van der Waals surface area contributed by atoms with E-state index in [1.165, 1.54) is 0 Å². The number of benzene rings is 1. The minimum Gasteiger partial charge on any atom is -0.481 e. The molecule has 18 heavy (non-hydrogen) atoms. The average molecular weight is 246 g/mol. The van der Waals surface area contributed by atoms with Crippen LogP contribution in [0.2, 0.25) is 0 Å². The van der Waals surface area contributed by atoms with Gasteiger partial charge in [0, 0.05) is 6.07 Å². The van der Waals surface area contributed by atoms with Gasteiger partial charge in [-0.2, -0.15) is 0 Å². The summed E-state index contributed by atoms with van der Waals surface area (Å²) in [6.07, 6.45) is 0.578. The first-order valence-electron chi connectivity index (χ1n) is 6.14. The molecule has 0 bridgehead atoms. The third-order valence-electron chi connectivity index (χ3n) is 3.37. The number of ether oxygens (including phenoxy) is 2. The predicted molar refractivity (Wildman–Crippen MR) is 64.0 cm³/mol. The van der Waals surface area contributed by atoms with E-state index in [1.54, 1.807) is 6.07 Å². The molecule has 1 atom stereocenters. The highest BCUT2D eigenvalue weighted by molar-refractivity contribution is 6.05. The lowest BCUT2D eigenvalue weighted by Gasteiger charge is -2.16. The highest BCUT2D eigenvalue weighted by atomic mass is 16.5. The number of hydrogen-bond donors (Lipinski definition) is 0. The molecular weight excluding hydrogens is 232 g/mol. The lowest BCUT2D eigenvalue weighted by atomic mass is 9.97. The number of rotatable bonds is 1. The molecule has 4 heteroatoms. The maximum Gasteiger partial charge on any atom is 0.311 e. The van der Waals surface area contributed by atoms with Crippen molar-refractivity contribution >= 4 is 11.8 Å². The zero-order valence-corrected chi connectivity index (χ0v) is 10.4. The summed E-state index contributed by atoms with van der Waals surface area (Å²) in [4.78, 5) is 23.4. The van der Waals surface area contributed by atoms with Gasteiger partial charge in [0.2, 0.25) is 5.78 Å². The Labute approximate surface area is 105 Å². The van der Waals surface area contributed by atoms with Crippen LogP contribution in [0, 0.1) is 5.92 Å². The molecule has 2 heterocycles. The largest absolute Gasteiger partial charge is 0.481 e. The summed E-state index contributed by atoms with van der Waals surface area (Å²) in [5.74, 6) is 0.991. The van der Waals surface area contributed by atoms with Crippen molar-refractivity contribution in [1.29, 1.82) is 0 Å². The summed E-state index contributed by atoms with van der Waals surface area (Å²) in [7, 11) is 0. The summed E-state index contributed by atoms with van der Waals surface area (Å²) < 4.78 is 10.8. The van der Waals surface area contributed by atoms with Crippen molar-refractivity contribution < 1.29 is 19.1 Å². The van der Waals surface area contributed by atoms with E-state index in [2.05, 4.69) is 0 Å². The Balaban J connectivity index is 2.03. The van der Waals surface area contributed by atoms with Crippen LogP contribution in [0.1, 0.15) is 36.2 Å². The summed E-state index contributed by atoms with van der Waals surface area (Å²) in [6.45, 7) is 3.91. The van der Waals surface area contributed by atoms with Gasteiger partial charge in [-0.3, -0.25) is 9.59 Å². The third-order valence-corrected chi connectivity index (χ3v) is 3.37. The first-order chi connectivity index (χ1) is 8.56. The van der Waals surface area contributed by atoms with E-state index >= 15 is 0 Å². The van der Waals surface area contributed by atoms with Crippen LogP contribution in [-0.4, -0.2) is 17.9 Å². The molecule has 0 fully saturated rings. The zero-order chi connectivity index (χ0) is 12.9. The molecule has 0 amide bonds. The highest BCUT2D eigenvalue weighted by Crippen LogP contribution is 2.38. The van der Waals surface area contributed by atoms with Crippen LogP contribution in [0.25, 0.3) is 0 Å². The van der Waals surface area contributed by atoms with Crippen molar-refractivity contribution in [2.24, 2.45) is 5.92 Å². The van der Waals surface area contributed by atoms with Gasteiger partial charge in [-0.05, 0) is 24.0 Å². The Morgan fingerprint density at radius 3 is 2.67 bits per heavy atom. The van der Waals surface area contributed by atoms with Crippen LogP contribution in [0.3, 0.4) is 0 Å². The number of ketones is 1. The number of hydrogen-bond acceptors (Lipinski definition) is 4. The normalized spacial score (nSPS) is 21.4. The molecule has 1 unspecified atom stereocenters. The van der Waals surface area contributed by atoms with E-state index in [-0.39, 0.29) is 17.7 Å². The van der Waals surface area contributed by atoms with Crippen molar-refractivity contribution in [2.45, 2.75) is 32.8 Å². The quantitative estimate of drug-likeness (QED) is 0.562. The molecule has 2 aliphatic heterocycles. The molecule has 1 aromatic rings. The smallest absolute Gasteiger partial charge is 0.311 e. The Morgan fingerprint density at radius 2 is 1.94 bits per heavy atom. The minimum absolute atomic E-state index is 0.0275. The number of Topliss-reactive ketones (excluding diaryl/α,β-unsaturated/α-hetero) is 1. The van der Waals surface area contributed by atoms with Gasteiger partial charge >= 0.3 is 5.97 Å². The number of aryl methyl sites for hydroxylation is 1. The first-order valence-corrected chi connectivity index (χ1v) is 6.14. The Kier molecular flexibility index (Phi) is 2.40. The molecule has 0 N–H and O–H groups in total. The Hall–Kier alpha value is -1.84. The molecule has 4 nitrogen and oxygen atoms in total. The molecule has 0 radical (unpaired) electrons. The second-order valence-corrected chi connectivity index (χ2v) is 5.08. The molecule has 0 aromatic heterocycles. The molecule has 0 aliphatic carbocycles. The Bertz CT molecular complexity index is 545. The van der Waals surface area contributed by atoms with Crippen LogP contribution < -0.4 is 9.47 Å². The fourth-order valence-corrected chi connectivity index (χ4v) is 2.38. The highest BCUT2D eigenvalue weighted by Gasteiger charge is 2.36. The van der Waals surface area contributed by atoms with Crippen LogP contribution >= 0.6 is 0 Å². The fraction of sp³-hybridized carbons (Fsp3) is 0.429. The van der Waals surface area contributed by atoms with Crippen molar-refractivity contribution in [2.75, 3.05) is 0 Å². The fourth-order valence-electron chi connectivity index (χ4n) is 2.38. The molecular formula is C14H14O4. The standard InChI is InChI=1S/C14H14O4/c1-7(2)14-13(16)9-5-8-3-4-12(15)17-10(8)6-11(9)18-14/h5-7,14H,3-4H2,1-2H3. The van der Waals surface area contributed by atoms with Crippen molar-refractivity contribution in [3.63, 3.8) is 0 Å². The van der Waals surface area contributed by atoms with E-state index in [4.69, 9.17) is 9.47 Å². The van der Waals surface area contributed by atoms with E-state index in [0.29, 0.717) is 29.9 Å². The van der Waals surface area contributed by atoms with Crippen LogP contribution in [-0.2, 0) is 11.2 Å². The molecule has 1 aromatic carbocycles. The van der Waals surface area contributed by atoms with Gasteiger partial charge < -0.3 is 9.47 Å². The Morgan fingerprint density at radius 1 is 1.17 bits per heavy atom. The number of carbonyl (C=O) groups excluding carboxylic acids is 2. The van der Waals surface area contributed by atoms with E-state index in [1.807, 2.05) is 19.9 Å². The first kappa shape index (κ1) is 11.3. The van der Waals surface area contributed by atoms with Crippen LogP contribution in [0.4, 0.5) is 0 Å². The van der Waals surface area contributed by atoms with Crippen molar-refractivity contribution in [3.8, 4) is 11.5 Å². The van der Waals surface area contributed by atoms with E-state index < -0.39 is 6.10 Å². The minimum atomic E-state index is -0.417. The lowest BCUT2D eigenvalue weighted by molar-refractivity contribution is -0.135. The predicted octanol–water partition coefficient (Wildman–Crippen LogP) is 2.14. The number of fused-ring (bicyclic) bond motifs is 2. The molecule has 0 saturated carbocycles. The molecule has 0 saturated heterocycles. The molecule has 2 aliphatic rings. The van der Waals surface area contributed by atoms with Crippen molar-refractivity contribution in [3.05, 3.63) is 23.3 Å². The van der Waals surface area contributed by atoms with E-state index in [9.17, 15) is 9.59 Å². The topological polar surface area (TPSA) is 52.6 Å².